The molecule has 0 spiro atoms. The van der Waals surface area contributed by atoms with E-state index in [1.54, 1.807) is 6.92 Å². The van der Waals surface area contributed by atoms with Gasteiger partial charge in [0.05, 0.1) is 12.0 Å². The topological polar surface area (TPSA) is 104 Å². The fraction of sp³-hybridized carbons (Fsp3) is 0.545. The second-order valence-corrected chi connectivity index (χ2v) is 4.22. The Morgan fingerprint density at radius 1 is 1.44 bits per heavy atom. The predicted octanol–water partition coefficient (Wildman–Crippen LogP) is 0.167. The minimum atomic E-state index is -1.30. The third kappa shape index (κ3) is 1.71. The second kappa shape index (κ2) is 4.32. The lowest BCUT2D eigenvalue weighted by molar-refractivity contribution is -0.163. The van der Waals surface area contributed by atoms with Crippen LogP contribution in [0.2, 0.25) is 0 Å². The van der Waals surface area contributed by atoms with Crippen molar-refractivity contribution in [3.05, 3.63) is 11.3 Å². The Morgan fingerprint density at radius 3 is 2.56 bits per heavy atom. The molecule has 0 aromatic carbocycles. The van der Waals surface area contributed by atoms with Gasteiger partial charge in [0.25, 0.3) is 0 Å². The minimum absolute atomic E-state index is 0.0629. The summed E-state index contributed by atoms with van der Waals surface area (Å²) in [5, 5.41) is 18.2. The molecule has 0 aromatic heterocycles. The molecule has 2 fully saturated rings. The normalized spacial score (nSPS) is 28.3. The first-order valence-electron chi connectivity index (χ1n) is 5.64. The first-order valence-corrected chi connectivity index (χ1v) is 5.64. The standard InChI is InChI=1S/C11H13NO6/c1-2-3-5(10(14)15)9-8(11(16)17)12-6(13)4-7(12)18-9/h7-8H,2-4H2,1H3,(H,14,15)(H,16,17)/t7-,8?/m1/s1. The lowest BCUT2D eigenvalue weighted by atomic mass is 10.0. The van der Waals surface area contributed by atoms with Crippen LogP contribution in [0.3, 0.4) is 0 Å². The van der Waals surface area contributed by atoms with E-state index in [2.05, 4.69) is 0 Å². The third-order valence-corrected chi connectivity index (χ3v) is 3.03. The van der Waals surface area contributed by atoms with Crippen molar-refractivity contribution in [1.82, 2.24) is 4.90 Å². The number of ether oxygens (including phenoxy) is 1. The number of fused-ring (bicyclic) bond motifs is 1. The fourth-order valence-corrected chi connectivity index (χ4v) is 2.20. The lowest BCUT2D eigenvalue weighted by Crippen LogP contribution is -2.54. The SMILES string of the molecule is CCCC(C(=O)O)=C1O[C@@H]2CC(=O)N2C1C(=O)O. The summed E-state index contributed by atoms with van der Waals surface area (Å²) in [6.45, 7) is 1.79. The van der Waals surface area contributed by atoms with E-state index in [1.165, 1.54) is 0 Å². The van der Waals surface area contributed by atoms with Gasteiger partial charge in [0.2, 0.25) is 5.91 Å². The van der Waals surface area contributed by atoms with Gasteiger partial charge in [0.1, 0.15) is 5.76 Å². The van der Waals surface area contributed by atoms with E-state index >= 15 is 0 Å². The molecule has 18 heavy (non-hydrogen) atoms. The number of rotatable bonds is 4. The van der Waals surface area contributed by atoms with Gasteiger partial charge in [-0.3, -0.25) is 9.69 Å². The molecule has 0 saturated carbocycles. The zero-order valence-corrected chi connectivity index (χ0v) is 9.75. The summed E-state index contributed by atoms with van der Waals surface area (Å²) < 4.78 is 5.30. The number of nitrogens with zero attached hydrogens (tertiary/aromatic N) is 1. The highest BCUT2D eigenvalue weighted by molar-refractivity contribution is 5.94. The Labute approximate surface area is 103 Å². The summed E-state index contributed by atoms with van der Waals surface area (Å²) >= 11 is 0. The molecule has 2 rings (SSSR count). The van der Waals surface area contributed by atoms with Crippen LogP contribution in [0.4, 0.5) is 0 Å². The van der Waals surface area contributed by atoms with E-state index in [1.807, 2.05) is 0 Å². The quantitative estimate of drug-likeness (QED) is 0.548. The average molecular weight is 255 g/mol. The molecule has 2 aliphatic rings. The van der Waals surface area contributed by atoms with Crippen molar-refractivity contribution in [3.63, 3.8) is 0 Å². The molecule has 7 nitrogen and oxygen atoms in total. The molecule has 0 aliphatic carbocycles. The van der Waals surface area contributed by atoms with Gasteiger partial charge in [-0.1, -0.05) is 13.3 Å². The molecule has 0 radical (unpaired) electrons. The molecule has 1 amide bonds. The number of β-lactam (4-membered cyclic amide) rings is 1. The van der Waals surface area contributed by atoms with Gasteiger partial charge in [-0.05, 0) is 6.42 Å². The van der Waals surface area contributed by atoms with E-state index in [0.717, 1.165) is 4.90 Å². The molecule has 2 atom stereocenters. The van der Waals surface area contributed by atoms with Gasteiger partial charge >= 0.3 is 11.9 Å². The Morgan fingerprint density at radius 2 is 2.11 bits per heavy atom. The molecule has 1 unspecified atom stereocenters. The summed E-state index contributed by atoms with van der Waals surface area (Å²) in [5.74, 6) is -2.90. The molecule has 2 aliphatic heterocycles. The summed E-state index contributed by atoms with van der Waals surface area (Å²) in [6, 6.07) is -1.30. The highest BCUT2D eigenvalue weighted by Gasteiger charge is 2.55. The van der Waals surface area contributed by atoms with Crippen LogP contribution < -0.4 is 0 Å². The molecule has 98 valence electrons. The van der Waals surface area contributed by atoms with Gasteiger partial charge in [-0.15, -0.1) is 0 Å². The van der Waals surface area contributed by atoms with Crippen LogP contribution in [0.15, 0.2) is 11.3 Å². The van der Waals surface area contributed by atoms with E-state index < -0.39 is 24.2 Å². The summed E-state index contributed by atoms with van der Waals surface area (Å²) in [5.41, 5.74) is -0.0629. The van der Waals surface area contributed by atoms with E-state index in [9.17, 15) is 14.4 Å². The maximum absolute atomic E-state index is 11.3. The Bertz CT molecular complexity index is 454. The summed E-state index contributed by atoms with van der Waals surface area (Å²) in [6.07, 6.45) is 0.245. The first kappa shape index (κ1) is 12.4. The number of hydrogen-bond donors (Lipinski definition) is 2. The van der Waals surface area contributed by atoms with Gasteiger partial charge < -0.3 is 14.9 Å². The maximum Gasteiger partial charge on any atom is 0.335 e. The van der Waals surface area contributed by atoms with Crippen molar-refractivity contribution < 1.29 is 29.3 Å². The second-order valence-electron chi connectivity index (χ2n) is 4.22. The van der Waals surface area contributed by atoms with E-state index in [-0.39, 0.29) is 30.1 Å². The van der Waals surface area contributed by atoms with Crippen molar-refractivity contribution in [3.8, 4) is 0 Å². The van der Waals surface area contributed by atoms with Crippen molar-refractivity contribution in [2.45, 2.75) is 38.5 Å². The van der Waals surface area contributed by atoms with Crippen LogP contribution in [0.5, 0.6) is 0 Å². The van der Waals surface area contributed by atoms with Gasteiger partial charge in [0, 0.05) is 0 Å². The summed E-state index contributed by atoms with van der Waals surface area (Å²) in [7, 11) is 0. The summed E-state index contributed by atoms with van der Waals surface area (Å²) in [4.78, 5) is 34.7. The monoisotopic (exact) mass is 255 g/mol. The highest BCUT2D eigenvalue weighted by atomic mass is 16.5. The van der Waals surface area contributed by atoms with Crippen LogP contribution >= 0.6 is 0 Å². The fourth-order valence-electron chi connectivity index (χ4n) is 2.20. The molecule has 0 aromatic rings. The smallest absolute Gasteiger partial charge is 0.335 e. The van der Waals surface area contributed by atoms with E-state index in [0.29, 0.717) is 6.42 Å². The number of carbonyl (C=O) groups is 3. The van der Waals surface area contributed by atoms with Crippen LogP contribution in [-0.2, 0) is 19.1 Å². The molecule has 2 N–H and O–H groups in total. The van der Waals surface area contributed by atoms with Crippen molar-refractivity contribution in [2.75, 3.05) is 0 Å². The minimum Gasteiger partial charge on any atom is -0.479 e. The average Bonchev–Trinajstić information content (AvgIpc) is 2.58. The largest absolute Gasteiger partial charge is 0.479 e. The van der Waals surface area contributed by atoms with Gasteiger partial charge in [-0.2, -0.15) is 0 Å². The molecular weight excluding hydrogens is 242 g/mol. The van der Waals surface area contributed by atoms with Crippen LogP contribution in [0.25, 0.3) is 0 Å². The number of carboxylic acid groups (broad SMARTS) is 2. The predicted molar refractivity (Wildman–Crippen MR) is 57.3 cm³/mol. The lowest BCUT2D eigenvalue weighted by Gasteiger charge is -2.33. The van der Waals surface area contributed by atoms with Crippen LogP contribution in [0, 0.1) is 0 Å². The Balaban J connectivity index is 2.42. The number of amides is 1. The molecule has 2 saturated heterocycles. The van der Waals surface area contributed by atoms with Gasteiger partial charge in [-0.25, -0.2) is 9.59 Å². The van der Waals surface area contributed by atoms with Crippen molar-refractivity contribution >= 4 is 17.8 Å². The number of carboxylic acids is 2. The first-order chi connectivity index (χ1) is 8.47. The third-order valence-electron chi connectivity index (χ3n) is 3.03. The molecule has 2 heterocycles. The Kier molecular flexibility index (Phi) is 2.98. The molecule has 7 heteroatoms. The molecular formula is C11H13NO6. The molecule has 0 bridgehead atoms. The number of aliphatic carboxylic acids is 2. The van der Waals surface area contributed by atoms with E-state index in [4.69, 9.17) is 14.9 Å². The number of carbonyl (C=O) groups excluding carboxylic acids is 1. The number of hydrogen-bond acceptors (Lipinski definition) is 4. The van der Waals surface area contributed by atoms with Crippen molar-refractivity contribution in [1.29, 1.82) is 0 Å². The van der Waals surface area contributed by atoms with Gasteiger partial charge in [0.15, 0.2) is 12.3 Å². The maximum atomic E-state index is 11.3. The van der Waals surface area contributed by atoms with Crippen LogP contribution in [0.1, 0.15) is 26.2 Å². The van der Waals surface area contributed by atoms with Crippen LogP contribution in [-0.4, -0.2) is 45.2 Å². The zero-order valence-electron chi connectivity index (χ0n) is 9.75. The zero-order chi connectivity index (χ0) is 13.4. The highest BCUT2D eigenvalue weighted by Crippen LogP contribution is 2.38. The van der Waals surface area contributed by atoms with Crippen molar-refractivity contribution in [2.24, 2.45) is 0 Å². The Hall–Kier alpha value is -2.05.